The fraction of sp³-hybridized carbons (Fsp3) is 0.0435. The van der Waals surface area contributed by atoms with Gasteiger partial charge in [-0.3, -0.25) is 24.6 Å². The smallest absolute Gasteiger partial charge is 0.295 e. The lowest BCUT2D eigenvalue weighted by atomic mass is 9.98. The molecule has 0 saturated heterocycles. The van der Waals surface area contributed by atoms with Gasteiger partial charge in [0.05, 0.1) is 21.9 Å². The summed E-state index contributed by atoms with van der Waals surface area (Å²) in [6.45, 7) is 0. The van der Waals surface area contributed by atoms with Crippen LogP contribution in [0.25, 0.3) is 11.0 Å². The second-order valence-corrected chi connectivity index (χ2v) is 8.58. The summed E-state index contributed by atoms with van der Waals surface area (Å²) >= 11 is 9.51. The fourth-order valence-electron chi connectivity index (χ4n) is 3.96. The van der Waals surface area contributed by atoms with Crippen LogP contribution >= 0.6 is 27.5 Å². The maximum absolute atomic E-state index is 13.5. The molecule has 1 atom stereocenters. The molecule has 0 aliphatic carbocycles. The van der Waals surface area contributed by atoms with Crippen LogP contribution in [-0.4, -0.2) is 10.8 Å². The Morgan fingerprint density at radius 1 is 1.03 bits per heavy atom. The summed E-state index contributed by atoms with van der Waals surface area (Å²) in [6.07, 6.45) is 0. The number of nitrogens with zero attached hydrogens (tertiary/aromatic N) is 2. The summed E-state index contributed by atoms with van der Waals surface area (Å²) in [5.41, 5.74) is 0.722. The molecule has 7 nitrogen and oxygen atoms in total. The van der Waals surface area contributed by atoms with Crippen molar-refractivity contribution < 1.29 is 14.1 Å². The Balaban J connectivity index is 1.83. The van der Waals surface area contributed by atoms with E-state index in [2.05, 4.69) is 15.9 Å². The molecule has 1 aliphatic rings. The highest BCUT2D eigenvalue weighted by molar-refractivity contribution is 9.10. The molecule has 0 saturated carbocycles. The number of carbonyl (C=O) groups excluding carboxylic acids is 1. The largest absolute Gasteiger partial charge is 0.450 e. The number of benzene rings is 3. The molecule has 4 aromatic rings. The first-order chi connectivity index (χ1) is 15.3. The first-order valence-corrected chi connectivity index (χ1v) is 10.6. The summed E-state index contributed by atoms with van der Waals surface area (Å²) < 4.78 is 6.57. The minimum absolute atomic E-state index is 0.0960. The van der Waals surface area contributed by atoms with Crippen LogP contribution in [0.2, 0.25) is 5.02 Å². The molecule has 0 spiro atoms. The maximum atomic E-state index is 13.5. The van der Waals surface area contributed by atoms with E-state index in [1.807, 2.05) is 0 Å². The summed E-state index contributed by atoms with van der Waals surface area (Å²) in [6, 6.07) is 16.5. The van der Waals surface area contributed by atoms with Gasteiger partial charge in [0.1, 0.15) is 5.58 Å². The predicted octanol–water partition coefficient (Wildman–Crippen LogP) is 5.87. The fourth-order valence-corrected chi connectivity index (χ4v) is 4.51. The third-order valence-corrected chi connectivity index (χ3v) is 6.04. The van der Waals surface area contributed by atoms with Crippen LogP contribution in [0.15, 0.2) is 80.4 Å². The number of nitro groups is 1. The van der Waals surface area contributed by atoms with Crippen LogP contribution in [0.3, 0.4) is 0 Å². The summed E-state index contributed by atoms with van der Waals surface area (Å²) in [5.74, 6) is -0.623. The minimum atomic E-state index is -0.921. The number of rotatable bonds is 3. The van der Waals surface area contributed by atoms with Gasteiger partial charge in [-0.15, -0.1) is 0 Å². The molecule has 5 rings (SSSR count). The Morgan fingerprint density at radius 3 is 2.56 bits per heavy atom. The molecule has 0 radical (unpaired) electrons. The standard InChI is InChI=1S/C23H12BrClN2O5/c24-13-7-8-18-17(10-13)21(28)19-20(12-3-1-6-16(9-12)27(30)31)26(23(29)22(19)32-18)15-5-2-4-14(25)11-15/h1-11,20H. The molecule has 9 heteroatoms. The van der Waals surface area contributed by atoms with E-state index < -0.39 is 16.9 Å². The van der Waals surface area contributed by atoms with E-state index in [9.17, 15) is 19.7 Å². The zero-order valence-electron chi connectivity index (χ0n) is 16.1. The average molecular weight is 512 g/mol. The van der Waals surface area contributed by atoms with Gasteiger partial charge >= 0.3 is 0 Å². The quantitative estimate of drug-likeness (QED) is 0.253. The molecule has 0 fully saturated rings. The van der Waals surface area contributed by atoms with Gasteiger partial charge in [-0.1, -0.05) is 45.7 Å². The first kappa shape index (κ1) is 20.4. The average Bonchev–Trinajstić information content (AvgIpc) is 3.07. The van der Waals surface area contributed by atoms with Crippen molar-refractivity contribution in [3.8, 4) is 0 Å². The van der Waals surface area contributed by atoms with Crippen molar-refractivity contribution in [3.05, 3.63) is 113 Å². The molecule has 1 aliphatic heterocycles. The number of fused-ring (bicyclic) bond motifs is 2. The molecule has 0 bridgehead atoms. The third kappa shape index (κ3) is 3.19. The van der Waals surface area contributed by atoms with Gasteiger partial charge < -0.3 is 4.42 Å². The summed E-state index contributed by atoms with van der Waals surface area (Å²) in [5, 5.41) is 12.1. The Hall–Kier alpha value is -3.49. The molecule has 32 heavy (non-hydrogen) atoms. The van der Waals surface area contributed by atoms with Crippen LogP contribution in [-0.2, 0) is 0 Å². The van der Waals surface area contributed by atoms with Gasteiger partial charge in [0.25, 0.3) is 11.6 Å². The van der Waals surface area contributed by atoms with Crippen molar-refractivity contribution in [1.82, 2.24) is 0 Å². The van der Waals surface area contributed by atoms with Gasteiger partial charge in [0.2, 0.25) is 5.76 Å². The number of nitro benzene ring substituents is 1. The zero-order chi connectivity index (χ0) is 22.6. The molecule has 1 unspecified atom stereocenters. The maximum Gasteiger partial charge on any atom is 0.295 e. The predicted molar refractivity (Wildman–Crippen MR) is 123 cm³/mol. The number of halogens is 2. The molecule has 1 aromatic heterocycles. The lowest BCUT2D eigenvalue weighted by molar-refractivity contribution is -0.384. The highest BCUT2D eigenvalue weighted by Gasteiger charge is 2.44. The van der Waals surface area contributed by atoms with Crippen molar-refractivity contribution in [3.63, 3.8) is 0 Å². The summed E-state index contributed by atoms with van der Waals surface area (Å²) in [4.78, 5) is 39.3. The number of carbonyl (C=O) groups is 1. The number of hydrogen-bond donors (Lipinski definition) is 0. The van der Waals surface area contributed by atoms with Gasteiger partial charge in [-0.05, 0) is 42.0 Å². The molecular formula is C23H12BrClN2O5. The molecule has 158 valence electrons. The van der Waals surface area contributed by atoms with E-state index in [4.69, 9.17) is 16.0 Å². The highest BCUT2D eigenvalue weighted by atomic mass is 79.9. The molecule has 1 amide bonds. The van der Waals surface area contributed by atoms with Gasteiger partial charge in [-0.25, -0.2) is 0 Å². The zero-order valence-corrected chi connectivity index (χ0v) is 18.5. The van der Waals surface area contributed by atoms with Gasteiger partial charge in [0.15, 0.2) is 5.43 Å². The van der Waals surface area contributed by atoms with Crippen molar-refractivity contribution in [2.24, 2.45) is 0 Å². The Kier molecular flexibility index (Phi) is 4.83. The van der Waals surface area contributed by atoms with E-state index in [1.54, 1.807) is 48.5 Å². The van der Waals surface area contributed by atoms with Crippen LogP contribution in [0.5, 0.6) is 0 Å². The molecular weight excluding hydrogens is 500 g/mol. The Labute approximate surface area is 194 Å². The van der Waals surface area contributed by atoms with E-state index in [0.29, 0.717) is 26.1 Å². The van der Waals surface area contributed by atoms with Gasteiger partial charge in [-0.2, -0.15) is 0 Å². The van der Waals surface area contributed by atoms with Crippen LogP contribution in [0, 0.1) is 10.1 Å². The van der Waals surface area contributed by atoms with Crippen LogP contribution in [0.4, 0.5) is 11.4 Å². The van der Waals surface area contributed by atoms with E-state index in [1.165, 1.54) is 23.1 Å². The normalized spacial score (nSPS) is 15.2. The van der Waals surface area contributed by atoms with E-state index in [0.717, 1.165) is 0 Å². The topological polar surface area (TPSA) is 93.7 Å². The van der Waals surface area contributed by atoms with Gasteiger partial charge in [0, 0.05) is 27.3 Å². The lowest BCUT2D eigenvalue weighted by Gasteiger charge is -2.25. The number of anilines is 1. The van der Waals surface area contributed by atoms with Crippen molar-refractivity contribution in [2.45, 2.75) is 6.04 Å². The monoisotopic (exact) mass is 510 g/mol. The Morgan fingerprint density at radius 2 is 1.81 bits per heavy atom. The van der Waals surface area contributed by atoms with Crippen molar-refractivity contribution >= 4 is 55.8 Å². The van der Waals surface area contributed by atoms with Crippen LogP contribution in [0.1, 0.15) is 27.7 Å². The lowest BCUT2D eigenvalue weighted by Crippen LogP contribution is -2.29. The minimum Gasteiger partial charge on any atom is -0.450 e. The SMILES string of the molecule is O=C1c2oc3ccc(Br)cc3c(=O)c2C(c2cccc([N+](=O)[O-])c2)N1c1cccc(Cl)c1. The summed E-state index contributed by atoms with van der Waals surface area (Å²) in [7, 11) is 0. The van der Waals surface area contributed by atoms with E-state index >= 15 is 0 Å². The number of amides is 1. The highest BCUT2D eigenvalue weighted by Crippen LogP contribution is 2.42. The molecule has 0 N–H and O–H groups in total. The van der Waals surface area contributed by atoms with Crippen LogP contribution < -0.4 is 10.3 Å². The first-order valence-electron chi connectivity index (χ1n) is 9.45. The molecule has 3 aromatic carbocycles. The second kappa shape index (κ2) is 7.58. The third-order valence-electron chi connectivity index (χ3n) is 5.32. The molecule has 2 heterocycles. The Bertz CT molecular complexity index is 1500. The van der Waals surface area contributed by atoms with Crippen molar-refractivity contribution in [1.29, 1.82) is 0 Å². The van der Waals surface area contributed by atoms with Crippen molar-refractivity contribution in [2.75, 3.05) is 4.90 Å². The number of hydrogen-bond acceptors (Lipinski definition) is 5. The second-order valence-electron chi connectivity index (χ2n) is 7.22. The number of non-ortho nitro benzene ring substituents is 1. The van der Waals surface area contributed by atoms with E-state index in [-0.39, 0.29) is 28.0 Å².